The van der Waals surface area contributed by atoms with Gasteiger partial charge in [0.05, 0.1) is 31.8 Å². The summed E-state index contributed by atoms with van der Waals surface area (Å²) in [6.07, 6.45) is 3.46. The van der Waals surface area contributed by atoms with Crippen molar-refractivity contribution in [3.05, 3.63) is 77.9 Å². The number of hydrogen-bond acceptors (Lipinski definition) is 8. The van der Waals surface area contributed by atoms with Gasteiger partial charge in [0.25, 0.3) is 5.91 Å². The van der Waals surface area contributed by atoms with Gasteiger partial charge in [-0.1, -0.05) is 30.3 Å². The molecule has 0 radical (unpaired) electrons. The third-order valence-electron chi connectivity index (χ3n) is 7.70. The molecule has 2 amide bonds. The predicted octanol–water partition coefficient (Wildman–Crippen LogP) is 5.05. The van der Waals surface area contributed by atoms with Crippen LogP contribution in [0.1, 0.15) is 41.6 Å². The molecule has 4 aromatic rings. The van der Waals surface area contributed by atoms with Gasteiger partial charge in [-0.05, 0) is 61.6 Å². The van der Waals surface area contributed by atoms with E-state index < -0.39 is 0 Å². The molecule has 43 heavy (non-hydrogen) atoms. The highest BCUT2D eigenvalue weighted by Gasteiger charge is 2.25. The summed E-state index contributed by atoms with van der Waals surface area (Å²) in [5, 5.41) is 10.6. The van der Waals surface area contributed by atoms with E-state index in [9.17, 15) is 9.59 Å². The van der Waals surface area contributed by atoms with Crippen LogP contribution in [0.4, 0.5) is 17.5 Å². The van der Waals surface area contributed by atoms with E-state index in [0.29, 0.717) is 34.3 Å². The maximum atomic E-state index is 13.3. The Bertz CT molecular complexity index is 1600. The van der Waals surface area contributed by atoms with Crippen molar-refractivity contribution in [1.29, 1.82) is 0 Å². The molecule has 3 N–H and O–H groups in total. The zero-order chi connectivity index (χ0) is 30.3. The van der Waals surface area contributed by atoms with E-state index >= 15 is 0 Å². The van der Waals surface area contributed by atoms with E-state index in [1.165, 1.54) is 0 Å². The molecule has 5 rings (SSSR count). The quantitative estimate of drug-likeness (QED) is 0.238. The molecule has 224 valence electrons. The minimum atomic E-state index is -0.258. The van der Waals surface area contributed by atoms with Crippen LogP contribution in [0.25, 0.3) is 10.9 Å². The smallest absolute Gasteiger partial charge is 0.251 e. The van der Waals surface area contributed by atoms with E-state index in [0.717, 1.165) is 42.4 Å². The summed E-state index contributed by atoms with van der Waals surface area (Å²) in [7, 11) is 7.06. The van der Waals surface area contributed by atoms with E-state index in [1.54, 1.807) is 38.5 Å². The van der Waals surface area contributed by atoms with Crippen LogP contribution in [-0.4, -0.2) is 62.2 Å². The van der Waals surface area contributed by atoms with Crippen LogP contribution in [-0.2, 0) is 11.2 Å². The molecule has 1 heterocycles. The lowest BCUT2D eigenvalue weighted by Crippen LogP contribution is -2.40. The molecule has 1 aliphatic rings. The number of carbonyl (C=O) groups is 2. The molecule has 1 saturated carbocycles. The fourth-order valence-corrected chi connectivity index (χ4v) is 5.47. The van der Waals surface area contributed by atoms with Crippen LogP contribution in [0.5, 0.6) is 11.5 Å². The van der Waals surface area contributed by atoms with Gasteiger partial charge in [-0.25, -0.2) is 4.98 Å². The summed E-state index contributed by atoms with van der Waals surface area (Å²) >= 11 is 0. The molecule has 10 heteroatoms. The van der Waals surface area contributed by atoms with Crippen molar-refractivity contribution >= 4 is 40.2 Å². The fraction of sp³-hybridized carbons (Fsp3) is 0.333. The second-order valence-electron chi connectivity index (χ2n) is 10.9. The number of rotatable bonds is 10. The normalized spacial score (nSPS) is 16.3. The molecule has 0 atom stereocenters. The van der Waals surface area contributed by atoms with Gasteiger partial charge < -0.3 is 30.3 Å². The van der Waals surface area contributed by atoms with Gasteiger partial charge in [-0.15, -0.1) is 0 Å². The number of carbonyl (C=O) groups excluding carboxylic acids is 2. The van der Waals surface area contributed by atoms with Crippen molar-refractivity contribution in [2.45, 2.75) is 44.2 Å². The monoisotopic (exact) mass is 582 g/mol. The maximum Gasteiger partial charge on any atom is 0.251 e. The Kier molecular flexibility index (Phi) is 9.24. The summed E-state index contributed by atoms with van der Waals surface area (Å²) < 4.78 is 10.6. The number of hydrogen-bond donors (Lipinski definition) is 3. The highest BCUT2D eigenvalue weighted by molar-refractivity contribution is 5.99. The number of nitrogens with one attached hydrogen (secondary N) is 3. The summed E-state index contributed by atoms with van der Waals surface area (Å²) in [5.74, 6) is 2.19. The fourth-order valence-electron chi connectivity index (χ4n) is 5.47. The molecule has 10 nitrogen and oxygen atoms in total. The first kappa shape index (κ1) is 29.6. The number of aromatic nitrogens is 2. The lowest BCUT2D eigenvalue weighted by atomic mass is 9.91. The maximum absolute atomic E-state index is 13.3. The summed E-state index contributed by atoms with van der Waals surface area (Å²) in [5.41, 5.74) is 2.56. The van der Waals surface area contributed by atoms with Gasteiger partial charge >= 0.3 is 0 Å². The van der Waals surface area contributed by atoms with Crippen molar-refractivity contribution in [1.82, 2.24) is 15.3 Å². The number of benzene rings is 3. The second-order valence-corrected chi connectivity index (χ2v) is 10.9. The van der Waals surface area contributed by atoms with Crippen LogP contribution in [0.2, 0.25) is 0 Å². The average Bonchev–Trinajstić information content (AvgIpc) is 3.01. The molecule has 0 bridgehead atoms. The summed E-state index contributed by atoms with van der Waals surface area (Å²) in [6.45, 7) is 0. The first-order valence-corrected chi connectivity index (χ1v) is 14.5. The number of amides is 2. The first-order valence-electron chi connectivity index (χ1n) is 14.5. The largest absolute Gasteiger partial charge is 0.497 e. The molecule has 3 aromatic carbocycles. The molecule has 1 aromatic heterocycles. The minimum Gasteiger partial charge on any atom is -0.497 e. The molecule has 0 saturated heterocycles. The van der Waals surface area contributed by atoms with Crippen LogP contribution in [0.15, 0.2) is 66.7 Å². The molecule has 1 aliphatic carbocycles. The van der Waals surface area contributed by atoms with Gasteiger partial charge in [0.15, 0.2) is 0 Å². The number of fused-ring (bicyclic) bond motifs is 1. The minimum absolute atomic E-state index is 0.0430. The molecule has 1 fully saturated rings. The van der Waals surface area contributed by atoms with Crippen LogP contribution in [0.3, 0.4) is 0 Å². The Morgan fingerprint density at radius 2 is 1.60 bits per heavy atom. The second kappa shape index (κ2) is 13.4. The van der Waals surface area contributed by atoms with Crippen molar-refractivity contribution < 1.29 is 19.1 Å². The van der Waals surface area contributed by atoms with Gasteiger partial charge in [0.2, 0.25) is 11.9 Å². The molecular weight excluding hydrogens is 544 g/mol. The van der Waals surface area contributed by atoms with Gasteiger partial charge in [0.1, 0.15) is 17.3 Å². The van der Waals surface area contributed by atoms with E-state index in [2.05, 4.69) is 16.0 Å². The molecule has 0 spiro atoms. The summed E-state index contributed by atoms with van der Waals surface area (Å²) in [4.78, 5) is 37.8. The Morgan fingerprint density at radius 1 is 0.884 bits per heavy atom. The third kappa shape index (κ3) is 7.14. The van der Waals surface area contributed by atoms with Crippen LogP contribution < -0.4 is 30.3 Å². The van der Waals surface area contributed by atoms with E-state index in [1.807, 2.05) is 61.5 Å². The lowest BCUT2D eigenvalue weighted by molar-refractivity contribution is -0.115. The average molecular weight is 583 g/mol. The number of ether oxygens (including phenoxy) is 2. The molecular formula is C33H38N6O4. The Labute approximate surface area is 251 Å². The van der Waals surface area contributed by atoms with Crippen LogP contribution >= 0.6 is 0 Å². The SMILES string of the molecule is COc1ccc(OC)c(NC(=O)Cc2ccccc2C(=O)NC2CCC(Nc3nc(N(C)C)c4ccccc4n3)CC2)c1. The van der Waals surface area contributed by atoms with Gasteiger partial charge in [0, 0.05) is 43.2 Å². The number of nitrogens with zero attached hydrogens (tertiary/aromatic N) is 3. The lowest BCUT2D eigenvalue weighted by Gasteiger charge is -2.30. The number of methoxy groups -OCH3 is 2. The van der Waals surface area contributed by atoms with Gasteiger partial charge in [-0.2, -0.15) is 4.98 Å². The molecule has 0 aliphatic heterocycles. The number of para-hydroxylation sites is 1. The number of anilines is 3. The highest BCUT2D eigenvalue weighted by Crippen LogP contribution is 2.30. The van der Waals surface area contributed by atoms with Gasteiger partial charge in [-0.3, -0.25) is 9.59 Å². The highest BCUT2D eigenvalue weighted by atomic mass is 16.5. The Morgan fingerprint density at radius 3 is 2.35 bits per heavy atom. The van der Waals surface area contributed by atoms with Crippen molar-refractivity contribution in [3.8, 4) is 11.5 Å². The van der Waals surface area contributed by atoms with Crippen molar-refractivity contribution in [2.75, 3.05) is 43.8 Å². The van der Waals surface area contributed by atoms with Crippen LogP contribution in [0, 0.1) is 0 Å². The standard InChI is InChI=1S/C33H38N6O4/c1-39(2)31-26-11-7-8-12-27(26)37-33(38-31)35-23-15-13-22(14-16-23)34-32(41)25-10-6-5-9-21(25)19-30(40)36-28-20-24(42-3)17-18-29(28)43-4/h5-12,17-18,20,22-23H,13-16,19H2,1-4H3,(H,34,41)(H,36,40)(H,35,37,38). The topological polar surface area (TPSA) is 118 Å². The molecule has 0 unspecified atom stereocenters. The predicted molar refractivity (Wildman–Crippen MR) is 169 cm³/mol. The van der Waals surface area contributed by atoms with E-state index in [4.69, 9.17) is 19.4 Å². The Balaban J connectivity index is 1.18. The Hall–Kier alpha value is -4.86. The zero-order valence-electron chi connectivity index (χ0n) is 25.0. The van der Waals surface area contributed by atoms with Crippen molar-refractivity contribution in [2.24, 2.45) is 0 Å². The zero-order valence-corrected chi connectivity index (χ0v) is 25.0. The first-order chi connectivity index (χ1) is 20.8. The van der Waals surface area contributed by atoms with E-state index in [-0.39, 0.29) is 30.3 Å². The third-order valence-corrected chi connectivity index (χ3v) is 7.70. The van der Waals surface area contributed by atoms with Crippen molar-refractivity contribution in [3.63, 3.8) is 0 Å². The summed E-state index contributed by atoms with van der Waals surface area (Å²) in [6, 6.07) is 20.7.